The summed E-state index contributed by atoms with van der Waals surface area (Å²) in [6, 6.07) is -0.129. The third-order valence-electron chi connectivity index (χ3n) is 4.64. The first kappa shape index (κ1) is 13.8. The van der Waals surface area contributed by atoms with Crippen LogP contribution in [0.5, 0.6) is 0 Å². The van der Waals surface area contributed by atoms with Crippen molar-refractivity contribution in [2.24, 2.45) is 5.41 Å². The number of hydrogen-bond acceptors (Lipinski definition) is 3. The lowest BCUT2D eigenvalue weighted by molar-refractivity contribution is -0.129. The zero-order valence-corrected chi connectivity index (χ0v) is 11.6. The Kier molecular flexibility index (Phi) is 3.97. The fourth-order valence-corrected chi connectivity index (χ4v) is 3.37. The number of nitrogens with one attached hydrogen (secondary N) is 2. The molecule has 1 heterocycles. The van der Waals surface area contributed by atoms with E-state index in [9.17, 15) is 9.90 Å². The zero-order valence-electron chi connectivity index (χ0n) is 11.6. The first-order valence-electron chi connectivity index (χ1n) is 7.15. The highest BCUT2D eigenvalue weighted by molar-refractivity contribution is 5.83. The van der Waals surface area contributed by atoms with Gasteiger partial charge in [-0.1, -0.05) is 26.7 Å². The van der Waals surface area contributed by atoms with Crippen LogP contribution in [0.1, 0.15) is 52.4 Å². The quantitative estimate of drug-likeness (QED) is 0.709. The molecule has 0 bridgehead atoms. The van der Waals surface area contributed by atoms with Crippen LogP contribution in [0.15, 0.2) is 0 Å². The first-order chi connectivity index (χ1) is 8.49. The van der Waals surface area contributed by atoms with E-state index in [0.717, 1.165) is 45.1 Å². The fourth-order valence-electron chi connectivity index (χ4n) is 3.37. The van der Waals surface area contributed by atoms with Crippen molar-refractivity contribution in [3.05, 3.63) is 0 Å². The number of carbonyl (C=O) groups excluding carboxylic acids is 1. The number of hydrogen-bond donors (Lipinski definition) is 3. The van der Waals surface area contributed by atoms with Gasteiger partial charge in [0.2, 0.25) is 5.91 Å². The van der Waals surface area contributed by atoms with Gasteiger partial charge in [-0.25, -0.2) is 0 Å². The molecule has 1 aliphatic carbocycles. The maximum atomic E-state index is 12.4. The Morgan fingerprint density at radius 2 is 1.94 bits per heavy atom. The SMILES string of the molecule is CC1(C)CCCNC1C(=O)NC1(CO)CCCC1. The van der Waals surface area contributed by atoms with Crippen LogP contribution in [0.25, 0.3) is 0 Å². The van der Waals surface area contributed by atoms with Crippen molar-refractivity contribution >= 4 is 5.91 Å². The smallest absolute Gasteiger partial charge is 0.238 e. The highest BCUT2D eigenvalue weighted by Gasteiger charge is 2.41. The second-order valence-corrected chi connectivity index (χ2v) is 6.61. The molecule has 1 amide bonds. The summed E-state index contributed by atoms with van der Waals surface area (Å²) in [6.45, 7) is 5.26. The van der Waals surface area contributed by atoms with E-state index < -0.39 is 0 Å². The highest BCUT2D eigenvalue weighted by Crippen LogP contribution is 2.33. The third-order valence-corrected chi connectivity index (χ3v) is 4.64. The minimum Gasteiger partial charge on any atom is -0.394 e. The van der Waals surface area contributed by atoms with Crippen molar-refractivity contribution < 1.29 is 9.90 Å². The van der Waals surface area contributed by atoms with E-state index in [1.54, 1.807) is 0 Å². The number of piperidine rings is 1. The lowest BCUT2D eigenvalue weighted by Gasteiger charge is -2.40. The van der Waals surface area contributed by atoms with Crippen molar-refractivity contribution in [2.75, 3.05) is 13.2 Å². The Labute approximate surface area is 110 Å². The van der Waals surface area contributed by atoms with Gasteiger partial charge in [-0.3, -0.25) is 4.79 Å². The van der Waals surface area contributed by atoms with Crippen molar-refractivity contribution in [3.63, 3.8) is 0 Å². The van der Waals surface area contributed by atoms with Gasteiger partial charge >= 0.3 is 0 Å². The minimum atomic E-state index is -0.355. The molecule has 0 radical (unpaired) electrons. The molecule has 3 N–H and O–H groups in total. The highest BCUT2D eigenvalue weighted by atomic mass is 16.3. The van der Waals surface area contributed by atoms with E-state index in [0.29, 0.717) is 0 Å². The topological polar surface area (TPSA) is 61.4 Å². The van der Waals surface area contributed by atoms with Crippen LogP contribution >= 0.6 is 0 Å². The average Bonchev–Trinajstić information content (AvgIpc) is 2.77. The lowest BCUT2D eigenvalue weighted by atomic mass is 9.77. The summed E-state index contributed by atoms with van der Waals surface area (Å²) in [5.41, 5.74) is -0.357. The number of carbonyl (C=O) groups is 1. The second kappa shape index (κ2) is 5.17. The maximum Gasteiger partial charge on any atom is 0.238 e. The molecule has 1 saturated heterocycles. The van der Waals surface area contributed by atoms with Gasteiger partial charge in [-0.2, -0.15) is 0 Å². The van der Waals surface area contributed by atoms with Gasteiger partial charge in [-0.05, 0) is 37.6 Å². The Bertz CT molecular complexity index is 309. The molecule has 18 heavy (non-hydrogen) atoms. The van der Waals surface area contributed by atoms with Crippen LogP contribution in [-0.2, 0) is 4.79 Å². The van der Waals surface area contributed by atoms with E-state index in [4.69, 9.17) is 0 Å². The maximum absolute atomic E-state index is 12.4. The van der Waals surface area contributed by atoms with Gasteiger partial charge in [0.1, 0.15) is 0 Å². The molecule has 0 spiro atoms. The molecule has 4 heteroatoms. The van der Waals surface area contributed by atoms with Gasteiger partial charge in [0.15, 0.2) is 0 Å². The van der Waals surface area contributed by atoms with Crippen LogP contribution < -0.4 is 10.6 Å². The predicted molar refractivity (Wildman–Crippen MR) is 71.2 cm³/mol. The van der Waals surface area contributed by atoms with Crippen LogP contribution in [0.2, 0.25) is 0 Å². The van der Waals surface area contributed by atoms with E-state index >= 15 is 0 Å². The molecule has 1 saturated carbocycles. The molecule has 0 aromatic carbocycles. The fraction of sp³-hybridized carbons (Fsp3) is 0.929. The van der Waals surface area contributed by atoms with Gasteiger partial charge in [0, 0.05) is 0 Å². The van der Waals surface area contributed by atoms with Gasteiger partial charge in [0.25, 0.3) is 0 Å². The van der Waals surface area contributed by atoms with Gasteiger partial charge in [-0.15, -0.1) is 0 Å². The Morgan fingerprint density at radius 3 is 2.50 bits per heavy atom. The van der Waals surface area contributed by atoms with Crippen molar-refractivity contribution in [2.45, 2.75) is 64.0 Å². The summed E-state index contributed by atoms with van der Waals surface area (Å²) in [6.07, 6.45) is 6.21. The number of aliphatic hydroxyl groups is 1. The molecule has 0 aromatic heterocycles. The van der Waals surface area contributed by atoms with Crippen LogP contribution in [-0.4, -0.2) is 35.7 Å². The third kappa shape index (κ3) is 2.69. The largest absolute Gasteiger partial charge is 0.394 e. The molecule has 1 aliphatic heterocycles. The zero-order chi connectivity index (χ0) is 13.2. The van der Waals surface area contributed by atoms with E-state index in [2.05, 4.69) is 24.5 Å². The van der Waals surface area contributed by atoms with Crippen molar-refractivity contribution in [3.8, 4) is 0 Å². The average molecular weight is 254 g/mol. The van der Waals surface area contributed by atoms with Crippen LogP contribution in [0, 0.1) is 5.41 Å². The van der Waals surface area contributed by atoms with E-state index in [-0.39, 0.29) is 29.5 Å². The molecule has 1 atom stereocenters. The summed E-state index contributed by atoms with van der Waals surface area (Å²) in [7, 11) is 0. The van der Waals surface area contributed by atoms with Crippen LogP contribution in [0.3, 0.4) is 0 Å². The summed E-state index contributed by atoms with van der Waals surface area (Å²) in [4.78, 5) is 12.4. The monoisotopic (exact) mass is 254 g/mol. The van der Waals surface area contributed by atoms with Crippen LogP contribution in [0.4, 0.5) is 0 Å². The van der Waals surface area contributed by atoms with Crippen molar-refractivity contribution in [1.82, 2.24) is 10.6 Å². The number of amides is 1. The van der Waals surface area contributed by atoms with Crippen molar-refractivity contribution in [1.29, 1.82) is 0 Å². The molecule has 2 fully saturated rings. The number of rotatable bonds is 3. The van der Waals surface area contributed by atoms with Gasteiger partial charge in [0.05, 0.1) is 18.2 Å². The molecular formula is C14H26N2O2. The summed E-state index contributed by atoms with van der Waals surface area (Å²) in [5, 5.41) is 16.0. The molecule has 104 valence electrons. The van der Waals surface area contributed by atoms with E-state index in [1.807, 2.05) is 0 Å². The molecule has 1 unspecified atom stereocenters. The molecular weight excluding hydrogens is 228 g/mol. The Balaban J connectivity index is 2.02. The Hall–Kier alpha value is -0.610. The molecule has 2 rings (SSSR count). The summed E-state index contributed by atoms with van der Waals surface area (Å²) in [5.74, 6) is 0.0654. The normalized spacial score (nSPS) is 30.1. The van der Waals surface area contributed by atoms with Gasteiger partial charge < -0.3 is 15.7 Å². The minimum absolute atomic E-state index is 0.00240. The standard InChI is InChI=1S/C14H26N2O2/c1-13(2)6-5-9-15-11(13)12(18)16-14(10-17)7-3-4-8-14/h11,15,17H,3-10H2,1-2H3,(H,16,18). The molecule has 0 aromatic rings. The second-order valence-electron chi connectivity index (χ2n) is 6.61. The Morgan fingerprint density at radius 1 is 1.28 bits per heavy atom. The predicted octanol–water partition coefficient (Wildman–Crippen LogP) is 1.19. The first-order valence-corrected chi connectivity index (χ1v) is 7.15. The summed E-state index contributed by atoms with van der Waals surface area (Å²) < 4.78 is 0. The number of aliphatic hydroxyl groups excluding tert-OH is 1. The lowest BCUT2D eigenvalue weighted by Crippen LogP contribution is -2.60. The van der Waals surface area contributed by atoms with E-state index in [1.165, 1.54) is 0 Å². The molecule has 4 nitrogen and oxygen atoms in total. The molecule has 2 aliphatic rings. The summed E-state index contributed by atoms with van der Waals surface area (Å²) >= 11 is 0.